The summed E-state index contributed by atoms with van der Waals surface area (Å²) in [5.41, 5.74) is 0.866. The molecule has 2 rings (SSSR count). The minimum atomic E-state index is -1.24. The summed E-state index contributed by atoms with van der Waals surface area (Å²) in [4.78, 5) is 24.5. The van der Waals surface area contributed by atoms with Gasteiger partial charge in [-0.3, -0.25) is 4.57 Å². The number of nitrogens with zero attached hydrogens (tertiary/aromatic N) is 3. The van der Waals surface area contributed by atoms with Crippen molar-refractivity contribution in [2.24, 2.45) is 7.05 Å². The van der Waals surface area contributed by atoms with E-state index in [0.29, 0.717) is 12.4 Å². The number of nitro groups is 1. The number of benzene rings is 1. The Morgan fingerprint density at radius 2 is 2.05 bits per heavy atom. The van der Waals surface area contributed by atoms with Gasteiger partial charge in [0.1, 0.15) is 0 Å². The van der Waals surface area contributed by atoms with Gasteiger partial charge >= 0.3 is 5.82 Å². The first-order chi connectivity index (χ1) is 9.49. The van der Waals surface area contributed by atoms with Crippen LogP contribution in [-0.2, 0) is 13.6 Å². The van der Waals surface area contributed by atoms with Crippen molar-refractivity contribution in [2.45, 2.75) is 6.54 Å². The molecule has 20 heavy (non-hydrogen) atoms. The fourth-order valence-electron chi connectivity index (χ4n) is 1.70. The highest BCUT2D eigenvalue weighted by atomic mass is 16.6. The SMILES string of the molecule is Cn1cnc([N+](=O)[O-])c1NCc1ccc(C(=O)[O-])cc1. The Morgan fingerprint density at radius 1 is 1.40 bits per heavy atom. The van der Waals surface area contributed by atoms with Crippen LogP contribution in [0.25, 0.3) is 0 Å². The molecule has 8 nitrogen and oxygen atoms in total. The van der Waals surface area contributed by atoms with Crippen LogP contribution in [0.15, 0.2) is 30.6 Å². The number of carbonyl (C=O) groups excluding carboxylic acids is 1. The second-order valence-corrected chi connectivity index (χ2v) is 4.12. The molecule has 0 fully saturated rings. The lowest BCUT2D eigenvalue weighted by molar-refractivity contribution is -0.388. The number of rotatable bonds is 5. The second kappa shape index (κ2) is 5.39. The van der Waals surface area contributed by atoms with E-state index in [1.165, 1.54) is 23.0 Å². The molecule has 0 saturated carbocycles. The number of carboxylic acids is 1. The van der Waals surface area contributed by atoms with Crippen molar-refractivity contribution in [3.8, 4) is 0 Å². The Bertz CT molecular complexity index is 648. The molecule has 0 aliphatic carbocycles. The highest BCUT2D eigenvalue weighted by molar-refractivity contribution is 5.85. The van der Waals surface area contributed by atoms with Gasteiger partial charge < -0.3 is 25.3 Å². The molecule has 0 amide bonds. The average Bonchev–Trinajstić information content (AvgIpc) is 2.78. The number of anilines is 1. The van der Waals surface area contributed by atoms with E-state index in [9.17, 15) is 20.0 Å². The van der Waals surface area contributed by atoms with E-state index in [1.807, 2.05) is 0 Å². The third kappa shape index (κ3) is 2.74. The van der Waals surface area contributed by atoms with E-state index < -0.39 is 10.9 Å². The maximum Gasteiger partial charge on any atom is 0.406 e. The summed E-state index contributed by atoms with van der Waals surface area (Å²) < 4.78 is 1.51. The smallest absolute Gasteiger partial charge is 0.406 e. The lowest BCUT2D eigenvalue weighted by Crippen LogP contribution is -2.22. The molecular formula is C12H11N4O4-. The maximum atomic E-state index is 10.8. The number of aromatic carboxylic acids is 1. The van der Waals surface area contributed by atoms with E-state index in [0.717, 1.165) is 5.56 Å². The molecule has 1 aromatic carbocycles. The summed E-state index contributed by atoms with van der Waals surface area (Å²) in [5, 5.41) is 24.3. The van der Waals surface area contributed by atoms with Crippen molar-refractivity contribution in [3.63, 3.8) is 0 Å². The maximum absolute atomic E-state index is 10.8. The van der Waals surface area contributed by atoms with Crippen LogP contribution in [0.2, 0.25) is 0 Å². The molecule has 0 spiro atoms. The molecule has 2 aromatic rings. The first kappa shape index (κ1) is 13.5. The predicted octanol–water partition coefficient (Wildman–Crippen LogP) is 0.304. The van der Waals surface area contributed by atoms with Crippen molar-refractivity contribution in [1.82, 2.24) is 9.55 Å². The number of aryl methyl sites for hydroxylation is 1. The molecule has 1 aromatic heterocycles. The van der Waals surface area contributed by atoms with Crippen molar-refractivity contribution in [2.75, 3.05) is 5.32 Å². The number of nitrogens with one attached hydrogen (secondary N) is 1. The molecular weight excluding hydrogens is 264 g/mol. The van der Waals surface area contributed by atoms with Gasteiger partial charge in [0.15, 0.2) is 0 Å². The molecule has 0 radical (unpaired) electrons. The van der Waals surface area contributed by atoms with Crippen molar-refractivity contribution in [1.29, 1.82) is 0 Å². The minimum absolute atomic E-state index is 0.0836. The first-order valence-corrected chi connectivity index (χ1v) is 5.69. The van der Waals surface area contributed by atoms with E-state index in [-0.39, 0.29) is 11.4 Å². The van der Waals surface area contributed by atoms with Crippen LogP contribution in [0.1, 0.15) is 15.9 Å². The van der Waals surface area contributed by atoms with Gasteiger partial charge in [-0.05, 0) is 21.0 Å². The van der Waals surface area contributed by atoms with Crippen LogP contribution in [0.5, 0.6) is 0 Å². The molecule has 1 N–H and O–H groups in total. The summed E-state index contributed by atoms with van der Waals surface area (Å²) in [6, 6.07) is 6.06. The second-order valence-electron chi connectivity index (χ2n) is 4.12. The fourth-order valence-corrected chi connectivity index (χ4v) is 1.70. The van der Waals surface area contributed by atoms with Gasteiger partial charge in [-0.2, -0.15) is 0 Å². The summed E-state index contributed by atoms with van der Waals surface area (Å²) in [6.07, 6.45) is 1.35. The third-order valence-electron chi connectivity index (χ3n) is 2.74. The van der Waals surface area contributed by atoms with E-state index in [2.05, 4.69) is 10.3 Å². The highest BCUT2D eigenvalue weighted by Gasteiger charge is 2.19. The van der Waals surface area contributed by atoms with Gasteiger partial charge in [0, 0.05) is 13.6 Å². The lowest BCUT2D eigenvalue weighted by Gasteiger charge is -2.07. The van der Waals surface area contributed by atoms with Crippen LogP contribution in [0, 0.1) is 10.1 Å². The van der Waals surface area contributed by atoms with Gasteiger partial charge in [-0.25, -0.2) is 0 Å². The number of hydrogen-bond donors (Lipinski definition) is 1. The van der Waals surface area contributed by atoms with Crippen molar-refractivity contribution < 1.29 is 14.8 Å². The molecule has 0 saturated heterocycles. The fraction of sp³-hybridized carbons (Fsp3) is 0.167. The Labute approximate surface area is 113 Å². The summed E-state index contributed by atoms with van der Waals surface area (Å²) in [5.74, 6) is -1.20. The topological polar surface area (TPSA) is 113 Å². The first-order valence-electron chi connectivity index (χ1n) is 5.69. The van der Waals surface area contributed by atoms with E-state index in [1.54, 1.807) is 19.2 Å². The van der Waals surface area contributed by atoms with E-state index >= 15 is 0 Å². The standard InChI is InChI=1S/C12H12N4O4/c1-15-7-14-11(16(19)20)10(15)13-6-8-2-4-9(5-3-8)12(17)18/h2-5,7,13H,6H2,1H3,(H,17,18)/p-1. The lowest BCUT2D eigenvalue weighted by atomic mass is 10.1. The normalized spacial score (nSPS) is 10.2. The zero-order chi connectivity index (χ0) is 14.7. The Morgan fingerprint density at radius 3 is 2.60 bits per heavy atom. The average molecular weight is 275 g/mol. The summed E-state index contributed by atoms with van der Waals surface area (Å²) in [7, 11) is 1.64. The molecule has 8 heteroatoms. The van der Waals surface area contributed by atoms with Crippen LogP contribution in [0.3, 0.4) is 0 Å². The van der Waals surface area contributed by atoms with E-state index in [4.69, 9.17) is 0 Å². The minimum Gasteiger partial charge on any atom is -0.545 e. The molecule has 0 unspecified atom stereocenters. The number of imidazole rings is 1. The number of carboxylic acid groups (broad SMARTS) is 1. The van der Waals surface area contributed by atoms with Gasteiger partial charge in [0.25, 0.3) is 0 Å². The van der Waals surface area contributed by atoms with Crippen molar-refractivity contribution >= 4 is 17.6 Å². The quantitative estimate of drug-likeness (QED) is 0.620. The summed E-state index contributed by atoms with van der Waals surface area (Å²) in [6.45, 7) is 0.313. The Kier molecular flexibility index (Phi) is 3.65. The molecule has 1 heterocycles. The van der Waals surface area contributed by atoms with Crippen LogP contribution >= 0.6 is 0 Å². The largest absolute Gasteiger partial charge is 0.545 e. The van der Waals surface area contributed by atoms with Gasteiger partial charge in [-0.15, -0.1) is 0 Å². The molecule has 104 valence electrons. The number of aromatic nitrogens is 2. The summed E-state index contributed by atoms with van der Waals surface area (Å²) >= 11 is 0. The molecule has 0 atom stereocenters. The van der Waals surface area contributed by atoms with Gasteiger partial charge in [0.05, 0.1) is 5.97 Å². The number of carbonyl (C=O) groups is 1. The van der Waals surface area contributed by atoms with Gasteiger partial charge in [0.2, 0.25) is 12.1 Å². The van der Waals surface area contributed by atoms with Crippen molar-refractivity contribution in [3.05, 3.63) is 51.8 Å². The highest BCUT2D eigenvalue weighted by Crippen LogP contribution is 2.21. The number of hydrogen-bond acceptors (Lipinski definition) is 6. The van der Waals surface area contributed by atoms with Crippen LogP contribution in [-0.4, -0.2) is 20.4 Å². The van der Waals surface area contributed by atoms with Gasteiger partial charge in [-0.1, -0.05) is 24.3 Å². The zero-order valence-electron chi connectivity index (χ0n) is 10.6. The van der Waals surface area contributed by atoms with Crippen LogP contribution in [0.4, 0.5) is 11.6 Å². The molecule has 0 aliphatic rings. The Hall–Kier alpha value is -2.90. The predicted molar refractivity (Wildman–Crippen MR) is 68.0 cm³/mol. The van der Waals surface area contributed by atoms with Crippen LogP contribution < -0.4 is 10.4 Å². The third-order valence-corrected chi connectivity index (χ3v) is 2.74. The zero-order valence-corrected chi connectivity index (χ0v) is 10.6. The molecule has 0 bridgehead atoms. The monoisotopic (exact) mass is 275 g/mol. The molecule has 0 aliphatic heterocycles. The Balaban J connectivity index is 2.11.